The lowest BCUT2D eigenvalue weighted by atomic mass is 10.1. The molecule has 0 unspecified atom stereocenters. The number of hydrogen-bond donors (Lipinski definition) is 0. The minimum absolute atomic E-state index is 0.0485. The SMILES string of the molecule is CCN(Cc1cnc(S(=O)(=O)Cc2ccccc2C)n1CC(C)C)C(=O)c1ccc(OC)cc1. The fourth-order valence-corrected chi connectivity index (χ4v) is 5.41. The van der Waals surface area contributed by atoms with Crippen LogP contribution < -0.4 is 4.74 Å². The summed E-state index contributed by atoms with van der Waals surface area (Å²) in [4.78, 5) is 19.2. The normalized spacial score (nSPS) is 11.6. The van der Waals surface area contributed by atoms with Gasteiger partial charge in [0.25, 0.3) is 5.91 Å². The molecule has 0 aliphatic heterocycles. The third-order valence-corrected chi connectivity index (χ3v) is 7.27. The molecule has 0 radical (unpaired) electrons. The lowest BCUT2D eigenvalue weighted by Crippen LogP contribution is -2.31. The highest BCUT2D eigenvalue weighted by molar-refractivity contribution is 7.90. The Kier molecular flexibility index (Phi) is 8.15. The van der Waals surface area contributed by atoms with Crippen LogP contribution in [-0.2, 0) is 28.7 Å². The molecular weight excluding hydrogens is 450 g/mol. The van der Waals surface area contributed by atoms with E-state index in [0.29, 0.717) is 30.1 Å². The highest BCUT2D eigenvalue weighted by Gasteiger charge is 2.26. The van der Waals surface area contributed by atoms with Crippen molar-refractivity contribution in [2.75, 3.05) is 13.7 Å². The maximum absolute atomic E-state index is 13.4. The highest BCUT2D eigenvalue weighted by atomic mass is 32.2. The number of nitrogens with zero attached hydrogens (tertiary/aromatic N) is 3. The summed E-state index contributed by atoms with van der Waals surface area (Å²) < 4.78 is 33.7. The molecule has 7 nitrogen and oxygen atoms in total. The molecule has 0 bridgehead atoms. The van der Waals surface area contributed by atoms with E-state index in [1.807, 2.05) is 52.0 Å². The summed E-state index contributed by atoms with van der Waals surface area (Å²) in [6.45, 7) is 9.10. The fourth-order valence-electron chi connectivity index (χ4n) is 3.81. The molecule has 0 spiro atoms. The molecule has 182 valence electrons. The molecule has 0 atom stereocenters. The van der Waals surface area contributed by atoms with Gasteiger partial charge in [0.15, 0.2) is 0 Å². The molecule has 3 aromatic rings. The second-order valence-electron chi connectivity index (χ2n) is 8.77. The van der Waals surface area contributed by atoms with Crippen molar-refractivity contribution in [2.45, 2.75) is 51.7 Å². The number of ether oxygens (including phenoxy) is 1. The third kappa shape index (κ3) is 5.86. The van der Waals surface area contributed by atoms with Gasteiger partial charge in [-0.05, 0) is 55.2 Å². The minimum atomic E-state index is -3.68. The number of carbonyl (C=O) groups is 1. The van der Waals surface area contributed by atoms with Crippen LogP contribution in [0.25, 0.3) is 0 Å². The highest BCUT2D eigenvalue weighted by Crippen LogP contribution is 2.22. The lowest BCUT2D eigenvalue weighted by Gasteiger charge is -2.23. The molecular formula is C26H33N3O4S. The second kappa shape index (κ2) is 10.9. The predicted octanol–water partition coefficient (Wildman–Crippen LogP) is 4.49. The van der Waals surface area contributed by atoms with Gasteiger partial charge in [-0.1, -0.05) is 38.1 Å². The van der Waals surface area contributed by atoms with Crippen LogP contribution in [0.15, 0.2) is 59.9 Å². The third-order valence-electron chi connectivity index (χ3n) is 5.69. The molecule has 0 N–H and O–H groups in total. The molecule has 8 heteroatoms. The van der Waals surface area contributed by atoms with Gasteiger partial charge in [0.05, 0.1) is 31.3 Å². The predicted molar refractivity (Wildman–Crippen MR) is 133 cm³/mol. The average molecular weight is 484 g/mol. The van der Waals surface area contributed by atoms with Crippen LogP contribution in [0.5, 0.6) is 5.75 Å². The number of aromatic nitrogens is 2. The Labute approximate surface area is 202 Å². The zero-order chi connectivity index (χ0) is 24.9. The van der Waals surface area contributed by atoms with Gasteiger partial charge in [0.2, 0.25) is 15.0 Å². The van der Waals surface area contributed by atoms with Gasteiger partial charge in [0.1, 0.15) is 5.75 Å². The Balaban J connectivity index is 1.92. The maximum Gasteiger partial charge on any atom is 0.254 e. The van der Waals surface area contributed by atoms with E-state index >= 15 is 0 Å². The summed E-state index contributed by atoms with van der Waals surface area (Å²) in [6.07, 6.45) is 1.58. The fraction of sp³-hybridized carbons (Fsp3) is 0.385. The van der Waals surface area contributed by atoms with E-state index in [1.165, 1.54) is 0 Å². The van der Waals surface area contributed by atoms with E-state index in [1.54, 1.807) is 47.0 Å². The number of hydrogen-bond acceptors (Lipinski definition) is 5. The van der Waals surface area contributed by atoms with Crippen molar-refractivity contribution >= 4 is 15.7 Å². The Morgan fingerprint density at radius 3 is 2.38 bits per heavy atom. The molecule has 34 heavy (non-hydrogen) atoms. The molecule has 0 saturated heterocycles. The Hall–Kier alpha value is -3.13. The van der Waals surface area contributed by atoms with Crippen LogP contribution in [0.2, 0.25) is 0 Å². The van der Waals surface area contributed by atoms with Gasteiger partial charge >= 0.3 is 0 Å². The molecule has 1 amide bonds. The second-order valence-corrected chi connectivity index (χ2v) is 10.7. The monoisotopic (exact) mass is 483 g/mol. The zero-order valence-corrected chi connectivity index (χ0v) is 21.3. The van der Waals surface area contributed by atoms with Crippen LogP contribution in [0.3, 0.4) is 0 Å². The van der Waals surface area contributed by atoms with Crippen molar-refractivity contribution in [2.24, 2.45) is 5.92 Å². The number of methoxy groups -OCH3 is 1. The van der Waals surface area contributed by atoms with Gasteiger partial charge in [-0.2, -0.15) is 0 Å². The van der Waals surface area contributed by atoms with E-state index in [9.17, 15) is 13.2 Å². The van der Waals surface area contributed by atoms with Crippen molar-refractivity contribution in [3.63, 3.8) is 0 Å². The number of sulfone groups is 1. The summed E-state index contributed by atoms with van der Waals surface area (Å²) >= 11 is 0. The first-order valence-electron chi connectivity index (χ1n) is 11.4. The smallest absolute Gasteiger partial charge is 0.254 e. The summed E-state index contributed by atoms with van der Waals surface area (Å²) in [6, 6.07) is 14.4. The number of benzene rings is 2. The van der Waals surface area contributed by atoms with Crippen LogP contribution in [-0.4, -0.2) is 42.4 Å². The first-order valence-corrected chi connectivity index (χ1v) is 13.1. The number of amides is 1. The molecule has 3 rings (SSSR count). The molecule has 0 aliphatic carbocycles. The van der Waals surface area contributed by atoms with Gasteiger partial charge < -0.3 is 14.2 Å². The number of imidazole rings is 1. The zero-order valence-electron chi connectivity index (χ0n) is 20.5. The molecule has 0 saturated carbocycles. The van der Waals surface area contributed by atoms with Gasteiger partial charge in [-0.15, -0.1) is 0 Å². The van der Waals surface area contributed by atoms with Crippen molar-refractivity contribution in [1.82, 2.24) is 14.5 Å². The quantitative estimate of drug-likeness (QED) is 0.424. The van der Waals surface area contributed by atoms with Gasteiger partial charge in [-0.3, -0.25) is 4.79 Å². The summed E-state index contributed by atoms with van der Waals surface area (Å²) in [5.41, 5.74) is 2.93. The van der Waals surface area contributed by atoms with E-state index in [4.69, 9.17) is 4.74 Å². The van der Waals surface area contributed by atoms with Crippen LogP contribution in [0.1, 0.15) is 48.0 Å². The largest absolute Gasteiger partial charge is 0.497 e. The first kappa shape index (κ1) is 25.5. The van der Waals surface area contributed by atoms with E-state index in [2.05, 4.69) is 4.98 Å². The van der Waals surface area contributed by atoms with Crippen LogP contribution >= 0.6 is 0 Å². The van der Waals surface area contributed by atoms with Crippen LogP contribution in [0, 0.1) is 12.8 Å². The van der Waals surface area contributed by atoms with Crippen molar-refractivity contribution in [1.29, 1.82) is 0 Å². The number of aryl methyl sites for hydroxylation is 1. The molecule has 1 aromatic heterocycles. The van der Waals surface area contributed by atoms with E-state index in [0.717, 1.165) is 11.1 Å². The lowest BCUT2D eigenvalue weighted by molar-refractivity contribution is 0.0748. The molecule has 2 aromatic carbocycles. The summed E-state index contributed by atoms with van der Waals surface area (Å²) in [5.74, 6) is 0.633. The topological polar surface area (TPSA) is 81.5 Å². The van der Waals surface area contributed by atoms with E-state index < -0.39 is 9.84 Å². The Morgan fingerprint density at radius 1 is 1.12 bits per heavy atom. The maximum atomic E-state index is 13.4. The van der Waals surface area contributed by atoms with Crippen LogP contribution in [0.4, 0.5) is 0 Å². The minimum Gasteiger partial charge on any atom is -0.497 e. The Morgan fingerprint density at radius 2 is 1.79 bits per heavy atom. The van der Waals surface area contributed by atoms with Gasteiger partial charge in [-0.25, -0.2) is 13.4 Å². The first-order chi connectivity index (χ1) is 16.2. The Bertz CT molecular complexity index is 1230. The molecule has 1 heterocycles. The molecule has 0 fully saturated rings. The van der Waals surface area contributed by atoms with E-state index in [-0.39, 0.29) is 29.3 Å². The number of rotatable bonds is 10. The number of carbonyl (C=O) groups excluding carboxylic acids is 1. The van der Waals surface area contributed by atoms with Gasteiger partial charge in [0, 0.05) is 18.7 Å². The standard InChI is InChI=1S/C26H33N3O4S/c1-6-28(25(30)21-11-13-24(33-5)14-12-21)17-23-15-27-26(29(23)16-19(2)3)34(31,32)18-22-10-8-7-9-20(22)4/h7-15,19H,6,16-18H2,1-5H3. The summed E-state index contributed by atoms with van der Waals surface area (Å²) in [7, 11) is -2.10. The average Bonchev–Trinajstić information content (AvgIpc) is 3.20. The molecule has 0 aliphatic rings. The summed E-state index contributed by atoms with van der Waals surface area (Å²) in [5, 5.41) is 0.0485. The van der Waals surface area contributed by atoms with Crippen molar-refractivity contribution < 1.29 is 17.9 Å². The van der Waals surface area contributed by atoms with Crippen molar-refractivity contribution in [3.05, 3.63) is 77.1 Å². The van der Waals surface area contributed by atoms with Crippen molar-refractivity contribution in [3.8, 4) is 5.75 Å².